The fraction of sp³-hybridized carbons (Fsp3) is 1.00. The first-order valence-electron chi connectivity index (χ1n) is 8.12. The molecule has 0 bridgehead atoms. The summed E-state index contributed by atoms with van der Waals surface area (Å²) in [4.78, 5) is 0. The number of nitrogens with one attached hydrogen (secondary N) is 1. The van der Waals surface area contributed by atoms with Gasteiger partial charge in [-0.15, -0.1) is 0 Å². The van der Waals surface area contributed by atoms with Gasteiger partial charge in [-0.25, -0.2) is 0 Å². The van der Waals surface area contributed by atoms with Crippen LogP contribution in [0.1, 0.15) is 77.6 Å². The summed E-state index contributed by atoms with van der Waals surface area (Å²) < 4.78 is 0. The lowest BCUT2D eigenvalue weighted by atomic mass is 9.95. The summed E-state index contributed by atoms with van der Waals surface area (Å²) in [5.41, 5.74) is 0. The average Bonchev–Trinajstić information content (AvgIpc) is 2.75. The highest BCUT2D eigenvalue weighted by molar-refractivity contribution is 4.77. The SMILES string of the molecule is CCCC1CCCC(NCC2CCCC2)CC1. The Balaban J connectivity index is 1.63. The van der Waals surface area contributed by atoms with E-state index in [0.29, 0.717) is 0 Å². The second-order valence-electron chi connectivity index (χ2n) is 6.42. The van der Waals surface area contributed by atoms with Crippen LogP contribution in [0.4, 0.5) is 0 Å². The van der Waals surface area contributed by atoms with Crippen molar-refractivity contribution in [2.45, 2.75) is 83.6 Å². The van der Waals surface area contributed by atoms with Crippen molar-refractivity contribution in [3.05, 3.63) is 0 Å². The summed E-state index contributed by atoms with van der Waals surface area (Å²) in [5.74, 6) is 2.04. The molecule has 2 rings (SSSR count). The Hall–Kier alpha value is -0.0400. The van der Waals surface area contributed by atoms with E-state index in [0.717, 1.165) is 17.9 Å². The van der Waals surface area contributed by atoms with Crippen LogP contribution in [0.3, 0.4) is 0 Å². The monoisotopic (exact) mass is 237 g/mol. The summed E-state index contributed by atoms with van der Waals surface area (Å²) in [7, 11) is 0. The zero-order valence-corrected chi connectivity index (χ0v) is 11.7. The molecule has 2 aliphatic rings. The summed E-state index contributed by atoms with van der Waals surface area (Å²) in [6.07, 6.45) is 16.1. The fourth-order valence-corrected chi connectivity index (χ4v) is 3.83. The van der Waals surface area contributed by atoms with E-state index in [4.69, 9.17) is 0 Å². The highest BCUT2D eigenvalue weighted by Crippen LogP contribution is 2.28. The minimum Gasteiger partial charge on any atom is -0.314 e. The number of rotatable bonds is 5. The molecule has 1 N–H and O–H groups in total. The van der Waals surface area contributed by atoms with Crippen LogP contribution in [-0.4, -0.2) is 12.6 Å². The molecule has 2 unspecified atom stereocenters. The van der Waals surface area contributed by atoms with E-state index in [-0.39, 0.29) is 0 Å². The third kappa shape index (κ3) is 4.62. The molecule has 2 aliphatic carbocycles. The summed E-state index contributed by atoms with van der Waals surface area (Å²) in [6, 6.07) is 0.845. The normalized spacial score (nSPS) is 31.6. The maximum Gasteiger partial charge on any atom is 0.00672 e. The summed E-state index contributed by atoms with van der Waals surface area (Å²) in [6.45, 7) is 3.64. The van der Waals surface area contributed by atoms with Gasteiger partial charge in [-0.1, -0.05) is 45.4 Å². The number of hydrogen-bond donors (Lipinski definition) is 1. The average molecular weight is 237 g/mol. The van der Waals surface area contributed by atoms with E-state index < -0.39 is 0 Å². The Kier molecular flexibility index (Phi) is 5.84. The third-order valence-electron chi connectivity index (χ3n) is 4.96. The van der Waals surface area contributed by atoms with Crippen molar-refractivity contribution < 1.29 is 0 Å². The molecule has 0 radical (unpaired) electrons. The Morgan fingerprint density at radius 3 is 2.35 bits per heavy atom. The second kappa shape index (κ2) is 7.41. The minimum absolute atomic E-state index is 0.845. The fourth-order valence-electron chi connectivity index (χ4n) is 3.83. The molecule has 1 heteroatoms. The van der Waals surface area contributed by atoms with Gasteiger partial charge in [0.25, 0.3) is 0 Å². The van der Waals surface area contributed by atoms with Crippen molar-refractivity contribution in [3.8, 4) is 0 Å². The van der Waals surface area contributed by atoms with Crippen molar-refractivity contribution in [2.24, 2.45) is 11.8 Å². The molecule has 0 spiro atoms. The molecule has 2 saturated carbocycles. The first-order chi connectivity index (χ1) is 8.38. The maximum atomic E-state index is 3.87. The molecule has 0 heterocycles. The van der Waals surface area contributed by atoms with Crippen molar-refractivity contribution >= 4 is 0 Å². The van der Waals surface area contributed by atoms with Crippen molar-refractivity contribution in [2.75, 3.05) is 6.54 Å². The number of hydrogen-bond acceptors (Lipinski definition) is 1. The van der Waals surface area contributed by atoms with E-state index in [9.17, 15) is 0 Å². The molecule has 0 aromatic heterocycles. The Morgan fingerprint density at radius 2 is 1.59 bits per heavy atom. The topological polar surface area (TPSA) is 12.0 Å². The summed E-state index contributed by atoms with van der Waals surface area (Å²) >= 11 is 0. The van der Waals surface area contributed by atoms with Crippen molar-refractivity contribution in [1.29, 1.82) is 0 Å². The summed E-state index contributed by atoms with van der Waals surface area (Å²) in [5, 5.41) is 3.87. The van der Waals surface area contributed by atoms with E-state index in [1.807, 2.05) is 0 Å². The highest BCUT2D eigenvalue weighted by Gasteiger charge is 2.20. The standard InChI is InChI=1S/C16H31N/c1-2-6-14-9-5-10-16(12-11-14)17-13-15-7-3-4-8-15/h14-17H,2-13H2,1H3. The predicted octanol–water partition coefficient (Wildman–Crippen LogP) is 4.52. The van der Waals surface area contributed by atoms with Gasteiger partial charge >= 0.3 is 0 Å². The van der Waals surface area contributed by atoms with Crippen molar-refractivity contribution in [1.82, 2.24) is 5.32 Å². The van der Waals surface area contributed by atoms with E-state index >= 15 is 0 Å². The van der Waals surface area contributed by atoms with Gasteiger partial charge in [0, 0.05) is 6.04 Å². The van der Waals surface area contributed by atoms with Gasteiger partial charge in [0.15, 0.2) is 0 Å². The molecule has 2 atom stereocenters. The van der Waals surface area contributed by atoms with Gasteiger partial charge in [-0.2, -0.15) is 0 Å². The quantitative estimate of drug-likeness (QED) is 0.693. The van der Waals surface area contributed by atoms with Crippen LogP contribution in [0.15, 0.2) is 0 Å². The zero-order valence-electron chi connectivity index (χ0n) is 11.7. The van der Waals surface area contributed by atoms with Gasteiger partial charge in [0.05, 0.1) is 0 Å². The smallest absolute Gasteiger partial charge is 0.00672 e. The Morgan fingerprint density at radius 1 is 0.824 bits per heavy atom. The third-order valence-corrected chi connectivity index (χ3v) is 4.96. The van der Waals surface area contributed by atoms with Crippen LogP contribution in [0, 0.1) is 11.8 Å². The molecule has 17 heavy (non-hydrogen) atoms. The molecule has 0 aliphatic heterocycles. The zero-order chi connectivity index (χ0) is 11.9. The highest BCUT2D eigenvalue weighted by atomic mass is 14.9. The first kappa shape index (κ1) is 13.4. The lowest BCUT2D eigenvalue weighted by Crippen LogP contribution is -2.32. The maximum absolute atomic E-state index is 3.87. The van der Waals surface area contributed by atoms with Gasteiger partial charge < -0.3 is 5.32 Å². The lowest BCUT2D eigenvalue weighted by molar-refractivity contribution is 0.388. The Labute approximate surface area is 108 Å². The van der Waals surface area contributed by atoms with Gasteiger partial charge in [-0.05, 0) is 50.5 Å². The van der Waals surface area contributed by atoms with Gasteiger partial charge in [-0.3, -0.25) is 0 Å². The molecule has 100 valence electrons. The molecular weight excluding hydrogens is 206 g/mol. The molecule has 1 nitrogen and oxygen atoms in total. The van der Waals surface area contributed by atoms with Crippen LogP contribution in [0.2, 0.25) is 0 Å². The molecular formula is C16H31N. The van der Waals surface area contributed by atoms with Crippen LogP contribution in [0.5, 0.6) is 0 Å². The van der Waals surface area contributed by atoms with Gasteiger partial charge in [0.2, 0.25) is 0 Å². The molecule has 0 amide bonds. The van der Waals surface area contributed by atoms with Crippen LogP contribution in [0.25, 0.3) is 0 Å². The Bertz CT molecular complexity index is 196. The minimum atomic E-state index is 0.845. The van der Waals surface area contributed by atoms with Crippen molar-refractivity contribution in [3.63, 3.8) is 0 Å². The molecule has 2 fully saturated rings. The molecule has 0 saturated heterocycles. The molecule has 0 aromatic rings. The molecule has 0 aromatic carbocycles. The van der Waals surface area contributed by atoms with E-state index in [2.05, 4.69) is 12.2 Å². The predicted molar refractivity (Wildman–Crippen MR) is 75.2 cm³/mol. The van der Waals surface area contributed by atoms with E-state index in [1.165, 1.54) is 77.2 Å². The van der Waals surface area contributed by atoms with E-state index in [1.54, 1.807) is 0 Å². The van der Waals surface area contributed by atoms with Crippen LogP contribution < -0.4 is 5.32 Å². The second-order valence-corrected chi connectivity index (χ2v) is 6.42. The largest absolute Gasteiger partial charge is 0.314 e. The van der Waals surface area contributed by atoms with Crippen LogP contribution in [-0.2, 0) is 0 Å². The van der Waals surface area contributed by atoms with Gasteiger partial charge in [0.1, 0.15) is 0 Å². The first-order valence-corrected chi connectivity index (χ1v) is 8.12. The van der Waals surface area contributed by atoms with Crippen LogP contribution >= 0.6 is 0 Å². The lowest BCUT2D eigenvalue weighted by Gasteiger charge is -2.19.